The number of phosphoric ester groups is 1. The van der Waals surface area contributed by atoms with Crippen molar-refractivity contribution in [1.82, 2.24) is 0 Å². The van der Waals surface area contributed by atoms with Crippen molar-refractivity contribution in [2.45, 2.75) is 521 Å². The Balaban J connectivity index is 3.80. The van der Waals surface area contributed by atoms with Crippen molar-refractivity contribution in [2.24, 2.45) is 0 Å². The van der Waals surface area contributed by atoms with Crippen molar-refractivity contribution < 1.29 is 42.1 Å². The summed E-state index contributed by atoms with van der Waals surface area (Å²) in [5.41, 5.74) is 0. The van der Waals surface area contributed by atoms with Gasteiger partial charge in [0.25, 0.3) is 7.82 Å². The van der Waals surface area contributed by atoms with Gasteiger partial charge in [-0.25, -0.2) is 0 Å². The molecule has 0 aromatic heterocycles. The minimum Gasteiger partial charge on any atom is -0.756 e. The lowest BCUT2D eigenvalue weighted by atomic mass is 10.0. The van der Waals surface area contributed by atoms with E-state index < -0.39 is 26.5 Å². The molecule has 2 atom stereocenters. The van der Waals surface area contributed by atoms with Gasteiger partial charge >= 0.3 is 11.9 Å². The van der Waals surface area contributed by atoms with E-state index in [0.717, 1.165) is 32.1 Å². The van der Waals surface area contributed by atoms with E-state index in [1.165, 1.54) is 449 Å². The molecule has 0 saturated heterocycles. The zero-order valence-corrected chi connectivity index (χ0v) is 69.6. The minimum atomic E-state index is -4.64. The quantitative estimate of drug-likeness (QED) is 0.0256. The topological polar surface area (TPSA) is 111 Å². The van der Waals surface area contributed by atoms with Gasteiger partial charge in [0, 0.05) is 12.8 Å². The summed E-state index contributed by atoms with van der Waals surface area (Å²) in [6.07, 6.45) is 104. The zero-order valence-electron chi connectivity index (χ0n) is 68.7. The van der Waals surface area contributed by atoms with Crippen LogP contribution < -0.4 is 4.89 Å². The van der Waals surface area contributed by atoms with Gasteiger partial charge in [0.2, 0.25) is 0 Å². The van der Waals surface area contributed by atoms with Gasteiger partial charge < -0.3 is 27.9 Å². The summed E-state index contributed by atoms with van der Waals surface area (Å²) in [6.45, 7) is 4.36. The Morgan fingerprint density at radius 2 is 0.450 bits per heavy atom. The normalized spacial score (nSPS) is 12.8. The second kappa shape index (κ2) is 82.1. The minimum absolute atomic E-state index is 0.0245. The van der Waals surface area contributed by atoms with Crippen molar-refractivity contribution in [1.29, 1.82) is 0 Å². The average Bonchev–Trinajstić information content (AvgIpc) is 1.05. The third-order valence-corrected chi connectivity index (χ3v) is 22.6. The Morgan fingerprint density at radius 3 is 0.640 bits per heavy atom. The van der Waals surface area contributed by atoms with Gasteiger partial charge in [-0.2, -0.15) is 0 Å². The van der Waals surface area contributed by atoms with Crippen LogP contribution in [0.15, 0.2) is 0 Å². The number of carbonyl (C=O) groups excluding carboxylic acids is 2. The van der Waals surface area contributed by atoms with Crippen molar-refractivity contribution in [3.05, 3.63) is 0 Å². The summed E-state index contributed by atoms with van der Waals surface area (Å²) < 4.78 is 34.5. The van der Waals surface area contributed by atoms with Gasteiger partial charge in [0.05, 0.1) is 27.7 Å². The number of rotatable bonds is 88. The van der Waals surface area contributed by atoms with E-state index in [-0.39, 0.29) is 32.0 Å². The number of quaternary nitrogens is 1. The van der Waals surface area contributed by atoms with E-state index in [4.69, 9.17) is 18.5 Å². The molecule has 0 aliphatic carbocycles. The summed E-state index contributed by atoms with van der Waals surface area (Å²) in [6, 6.07) is 0. The molecule has 0 spiro atoms. The zero-order chi connectivity index (χ0) is 72.5. The Hall–Kier alpha value is -0.990. The maximum atomic E-state index is 12.9. The lowest BCUT2D eigenvalue weighted by molar-refractivity contribution is -0.870. The Kier molecular flexibility index (Phi) is 81.3. The van der Waals surface area contributed by atoms with Crippen LogP contribution in [-0.2, 0) is 32.7 Å². The Morgan fingerprint density at radius 1 is 0.270 bits per heavy atom. The first-order valence-corrected chi connectivity index (χ1v) is 47.2. The van der Waals surface area contributed by atoms with Crippen molar-refractivity contribution in [2.75, 3.05) is 47.5 Å². The third kappa shape index (κ3) is 85.9. The number of carbonyl (C=O) groups is 2. The molecule has 0 fully saturated rings. The highest BCUT2D eigenvalue weighted by molar-refractivity contribution is 7.45. The summed E-state index contributed by atoms with van der Waals surface area (Å²) in [7, 11) is 1.20. The number of esters is 2. The fraction of sp³-hybridized carbons (Fsp3) is 0.978. The molecule has 2 unspecified atom stereocenters. The molecule has 0 saturated carbocycles. The van der Waals surface area contributed by atoms with Crippen LogP contribution in [0.25, 0.3) is 0 Å². The van der Waals surface area contributed by atoms with Crippen molar-refractivity contribution >= 4 is 19.8 Å². The number of likely N-dealkylation sites (N-methyl/N-ethyl adjacent to an activating group) is 1. The molecule has 100 heavy (non-hydrogen) atoms. The highest BCUT2D eigenvalue weighted by Gasteiger charge is 2.22. The van der Waals surface area contributed by atoms with Crippen LogP contribution in [0.4, 0.5) is 0 Å². The first-order chi connectivity index (χ1) is 49.0. The van der Waals surface area contributed by atoms with Gasteiger partial charge in [-0.3, -0.25) is 14.2 Å². The number of phosphoric acid groups is 1. The highest BCUT2D eigenvalue weighted by Crippen LogP contribution is 2.38. The summed E-state index contributed by atoms with van der Waals surface area (Å²) >= 11 is 0. The summed E-state index contributed by atoms with van der Waals surface area (Å²) in [4.78, 5) is 38.3. The van der Waals surface area contributed by atoms with Crippen LogP contribution in [0.2, 0.25) is 0 Å². The lowest BCUT2D eigenvalue weighted by Gasteiger charge is -2.28. The molecule has 0 radical (unpaired) electrons. The Bertz CT molecular complexity index is 1640. The molecule has 0 heterocycles. The standard InChI is InChI=1S/C90H180NO8P/c1-6-8-10-12-14-16-18-20-22-24-26-28-30-32-34-36-38-40-42-44-45-46-47-49-51-53-55-57-59-61-63-65-67-69-71-73-75-77-79-81-83-90(93)99-88(87-98-100(94,95)97-85-84-91(3,4)5)86-96-89(92)82-80-78-76-74-72-70-68-66-64-62-60-58-56-54-52-50-48-43-41-39-37-35-33-31-29-27-25-23-21-19-17-15-13-11-9-7-2/h88H,6-87H2,1-5H3. The van der Waals surface area contributed by atoms with Crippen LogP contribution in [0.1, 0.15) is 515 Å². The molecule has 0 bridgehead atoms. The predicted octanol–water partition coefficient (Wildman–Crippen LogP) is 30.1. The number of nitrogens with zero attached hydrogens (tertiary/aromatic N) is 1. The lowest BCUT2D eigenvalue weighted by Crippen LogP contribution is -2.37. The second-order valence-corrected chi connectivity index (χ2v) is 34.5. The molecule has 0 aromatic rings. The van der Waals surface area contributed by atoms with E-state index in [9.17, 15) is 19.0 Å². The average molecular weight is 1440 g/mol. The molecule has 598 valence electrons. The maximum absolute atomic E-state index is 12.9. The van der Waals surface area contributed by atoms with Crippen LogP contribution in [-0.4, -0.2) is 70.0 Å². The molecule has 0 aliphatic heterocycles. The molecule has 10 heteroatoms. The number of unbranched alkanes of at least 4 members (excludes halogenated alkanes) is 74. The monoisotopic (exact) mass is 1430 g/mol. The molecule has 0 rings (SSSR count). The van der Waals surface area contributed by atoms with Crippen molar-refractivity contribution in [3.63, 3.8) is 0 Å². The molecule has 0 amide bonds. The summed E-state index contributed by atoms with van der Waals surface area (Å²) in [5.74, 6) is -0.798. The van der Waals surface area contributed by atoms with Crippen LogP contribution in [0, 0.1) is 0 Å². The largest absolute Gasteiger partial charge is 0.756 e. The van der Waals surface area contributed by atoms with Crippen LogP contribution >= 0.6 is 7.82 Å². The predicted molar refractivity (Wildman–Crippen MR) is 435 cm³/mol. The molecule has 0 aliphatic rings. The first kappa shape index (κ1) is 99.0. The SMILES string of the molecule is CCCCCCCCCCCCCCCCCCCCCCCCCCCCCCCCCCCCCCCCCCC(=O)OC(COC(=O)CCCCCCCCCCCCCCCCCCCCCCCCCCCCCCCCCCCCCC)COP(=O)([O-])OCC[N+](C)(C)C. The second-order valence-electron chi connectivity index (χ2n) is 33.0. The van der Waals surface area contributed by atoms with Gasteiger partial charge in [-0.15, -0.1) is 0 Å². The number of hydrogen-bond donors (Lipinski definition) is 0. The number of ether oxygens (including phenoxy) is 2. The Labute approximate surface area is 626 Å². The van der Waals surface area contributed by atoms with Crippen LogP contribution in [0.3, 0.4) is 0 Å². The van der Waals surface area contributed by atoms with Gasteiger partial charge in [0.1, 0.15) is 19.8 Å². The first-order valence-electron chi connectivity index (χ1n) is 45.7. The van der Waals surface area contributed by atoms with Crippen LogP contribution in [0.5, 0.6) is 0 Å². The van der Waals surface area contributed by atoms with E-state index in [0.29, 0.717) is 17.4 Å². The molecular formula is C90H180NO8P. The molecular weight excluding hydrogens is 1250 g/mol. The molecule has 9 nitrogen and oxygen atoms in total. The van der Waals surface area contributed by atoms with E-state index in [1.807, 2.05) is 21.1 Å². The number of hydrogen-bond acceptors (Lipinski definition) is 8. The van der Waals surface area contributed by atoms with Gasteiger partial charge in [-0.1, -0.05) is 489 Å². The molecule has 0 N–H and O–H groups in total. The molecule has 0 aromatic carbocycles. The van der Waals surface area contributed by atoms with Crippen molar-refractivity contribution in [3.8, 4) is 0 Å². The van der Waals surface area contributed by atoms with E-state index in [2.05, 4.69) is 13.8 Å². The van der Waals surface area contributed by atoms with Gasteiger partial charge in [0.15, 0.2) is 6.10 Å². The third-order valence-electron chi connectivity index (χ3n) is 21.6. The fourth-order valence-corrected chi connectivity index (χ4v) is 15.4. The summed E-state index contributed by atoms with van der Waals surface area (Å²) in [5, 5.41) is 0. The maximum Gasteiger partial charge on any atom is 0.306 e. The smallest absolute Gasteiger partial charge is 0.306 e. The highest BCUT2D eigenvalue weighted by atomic mass is 31.2. The van der Waals surface area contributed by atoms with Gasteiger partial charge in [-0.05, 0) is 12.8 Å². The van der Waals surface area contributed by atoms with E-state index in [1.54, 1.807) is 0 Å². The fourth-order valence-electron chi connectivity index (χ4n) is 14.7. The van der Waals surface area contributed by atoms with E-state index >= 15 is 0 Å².